The van der Waals surface area contributed by atoms with E-state index in [-0.39, 0.29) is 6.61 Å². The predicted octanol–water partition coefficient (Wildman–Crippen LogP) is 3.97. The Kier molecular flexibility index (Phi) is 6.91. The van der Waals surface area contributed by atoms with Crippen LogP contribution in [0.4, 0.5) is 4.79 Å². The van der Waals surface area contributed by atoms with E-state index >= 15 is 0 Å². The van der Waals surface area contributed by atoms with Crippen LogP contribution in [-0.4, -0.2) is 18.9 Å². The summed E-state index contributed by atoms with van der Waals surface area (Å²) < 4.78 is 11.4. The number of hydrogen-bond acceptors (Lipinski definition) is 4. The second kappa shape index (κ2) is 9.15. The van der Waals surface area contributed by atoms with Gasteiger partial charge in [0.25, 0.3) is 0 Å². The first-order valence-corrected chi connectivity index (χ1v) is 8.18. The van der Waals surface area contributed by atoms with Crippen molar-refractivity contribution in [3.8, 4) is 11.5 Å². The van der Waals surface area contributed by atoms with Crippen LogP contribution in [0.5, 0.6) is 11.5 Å². The van der Waals surface area contributed by atoms with Crippen LogP contribution in [0.15, 0.2) is 41.5 Å². The standard InChI is InChI=1S/C17H17Cl2N3O3/c1-2-24-15-8-11(9-21-22-17(20)23)7-14(19)16(15)25-10-12-5-3-4-6-13(12)18/h3-9H,2,10H2,1H3,(H3,20,22,23)/b21-9+. The number of nitrogens with two attached hydrogens (primary N) is 1. The summed E-state index contributed by atoms with van der Waals surface area (Å²) in [5.41, 5.74) is 8.51. The number of nitrogens with zero attached hydrogens (tertiary/aromatic N) is 1. The number of primary amides is 1. The van der Waals surface area contributed by atoms with Gasteiger partial charge in [-0.3, -0.25) is 0 Å². The van der Waals surface area contributed by atoms with E-state index < -0.39 is 6.03 Å². The Bertz CT molecular complexity index is 782. The van der Waals surface area contributed by atoms with E-state index in [1.807, 2.05) is 25.1 Å². The summed E-state index contributed by atoms with van der Waals surface area (Å²) >= 11 is 12.4. The number of rotatable bonds is 7. The Balaban J connectivity index is 2.23. The van der Waals surface area contributed by atoms with Crippen molar-refractivity contribution in [2.75, 3.05) is 6.61 Å². The first-order valence-electron chi connectivity index (χ1n) is 7.42. The van der Waals surface area contributed by atoms with Crippen molar-refractivity contribution in [3.05, 3.63) is 57.6 Å². The molecule has 0 saturated carbocycles. The zero-order valence-corrected chi connectivity index (χ0v) is 15.0. The summed E-state index contributed by atoms with van der Waals surface area (Å²) in [6.45, 7) is 2.52. The maximum absolute atomic E-state index is 10.6. The van der Waals surface area contributed by atoms with Gasteiger partial charge in [-0.25, -0.2) is 10.2 Å². The van der Waals surface area contributed by atoms with Gasteiger partial charge in [0.15, 0.2) is 11.5 Å². The quantitative estimate of drug-likeness (QED) is 0.561. The largest absolute Gasteiger partial charge is 0.490 e. The molecule has 0 aliphatic carbocycles. The Morgan fingerprint density at radius 1 is 1.24 bits per heavy atom. The Hall–Kier alpha value is -2.44. The van der Waals surface area contributed by atoms with Gasteiger partial charge >= 0.3 is 6.03 Å². The topological polar surface area (TPSA) is 85.9 Å². The number of urea groups is 1. The molecule has 0 radical (unpaired) electrons. The van der Waals surface area contributed by atoms with Crippen LogP contribution in [0.25, 0.3) is 0 Å². The number of halogens is 2. The highest BCUT2D eigenvalue weighted by molar-refractivity contribution is 6.32. The lowest BCUT2D eigenvalue weighted by atomic mass is 10.2. The third-order valence-electron chi connectivity index (χ3n) is 3.05. The van der Waals surface area contributed by atoms with Crippen molar-refractivity contribution in [1.29, 1.82) is 0 Å². The predicted molar refractivity (Wildman–Crippen MR) is 98.7 cm³/mol. The summed E-state index contributed by atoms with van der Waals surface area (Å²) in [5, 5.41) is 4.65. The molecule has 0 spiro atoms. The Morgan fingerprint density at radius 2 is 2.00 bits per heavy atom. The lowest BCUT2D eigenvalue weighted by Gasteiger charge is -2.15. The SMILES string of the molecule is CCOc1cc(/C=N/NC(N)=O)cc(Cl)c1OCc1ccccc1Cl. The third-order valence-corrected chi connectivity index (χ3v) is 3.70. The van der Waals surface area contributed by atoms with Crippen LogP contribution < -0.4 is 20.6 Å². The number of amides is 2. The smallest absolute Gasteiger partial charge is 0.332 e. The van der Waals surface area contributed by atoms with Gasteiger partial charge in [-0.05, 0) is 30.7 Å². The van der Waals surface area contributed by atoms with E-state index in [9.17, 15) is 4.79 Å². The molecule has 2 aromatic carbocycles. The average molecular weight is 382 g/mol. The zero-order chi connectivity index (χ0) is 18.2. The van der Waals surface area contributed by atoms with Crippen molar-refractivity contribution in [2.45, 2.75) is 13.5 Å². The molecule has 6 nitrogen and oxygen atoms in total. The number of benzene rings is 2. The average Bonchev–Trinajstić information content (AvgIpc) is 2.55. The monoisotopic (exact) mass is 381 g/mol. The van der Waals surface area contributed by atoms with Crippen LogP contribution in [0.1, 0.15) is 18.1 Å². The molecule has 25 heavy (non-hydrogen) atoms. The van der Waals surface area contributed by atoms with Gasteiger partial charge in [0, 0.05) is 10.6 Å². The van der Waals surface area contributed by atoms with E-state index in [0.29, 0.717) is 33.7 Å². The van der Waals surface area contributed by atoms with Gasteiger partial charge in [0.2, 0.25) is 0 Å². The van der Waals surface area contributed by atoms with Gasteiger partial charge in [-0.15, -0.1) is 0 Å². The summed E-state index contributed by atoms with van der Waals surface area (Å²) in [6.07, 6.45) is 1.40. The molecular formula is C17H17Cl2N3O3. The van der Waals surface area contributed by atoms with Crippen molar-refractivity contribution < 1.29 is 14.3 Å². The van der Waals surface area contributed by atoms with Crippen LogP contribution in [-0.2, 0) is 6.61 Å². The molecule has 0 saturated heterocycles. The highest BCUT2D eigenvalue weighted by Crippen LogP contribution is 2.37. The van der Waals surface area contributed by atoms with Crippen LogP contribution in [0.2, 0.25) is 10.0 Å². The van der Waals surface area contributed by atoms with Gasteiger partial charge < -0.3 is 15.2 Å². The first kappa shape index (κ1) is 18.9. The van der Waals surface area contributed by atoms with Crippen molar-refractivity contribution in [1.82, 2.24) is 5.43 Å². The molecule has 2 aromatic rings. The molecule has 2 rings (SSSR count). The molecule has 132 valence electrons. The molecular weight excluding hydrogens is 365 g/mol. The van der Waals surface area contributed by atoms with Gasteiger partial charge in [0.05, 0.1) is 17.8 Å². The third kappa shape index (κ3) is 5.55. The number of carbonyl (C=O) groups is 1. The van der Waals surface area contributed by atoms with E-state index in [1.54, 1.807) is 18.2 Å². The minimum atomic E-state index is -0.757. The zero-order valence-electron chi connectivity index (χ0n) is 13.5. The Labute approximate surface area is 155 Å². The lowest BCUT2D eigenvalue weighted by molar-refractivity contribution is 0.249. The van der Waals surface area contributed by atoms with Gasteiger partial charge in [-0.1, -0.05) is 41.4 Å². The summed E-state index contributed by atoms with van der Waals surface area (Å²) in [7, 11) is 0. The number of hydrogen-bond donors (Lipinski definition) is 2. The van der Waals surface area contributed by atoms with Crippen LogP contribution >= 0.6 is 23.2 Å². The summed E-state index contributed by atoms with van der Waals surface area (Å²) in [4.78, 5) is 10.6. The molecule has 0 atom stereocenters. The fraction of sp³-hybridized carbons (Fsp3) is 0.176. The maximum Gasteiger partial charge on any atom is 0.332 e. The molecule has 0 aliphatic rings. The highest BCUT2D eigenvalue weighted by Gasteiger charge is 2.13. The number of nitrogens with one attached hydrogen (secondary N) is 1. The van der Waals surface area contributed by atoms with Crippen LogP contribution in [0, 0.1) is 0 Å². The summed E-state index contributed by atoms with van der Waals surface area (Å²) in [5.74, 6) is 0.867. The molecule has 0 bridgehead atoms. The second-order valence-electron chi connectivity index (χ2n) is 4.88. The highest BCUT2D eigenvalue weighted by atomic mass is 35.5. The minimum Gasteiger partial charge on any atom is -0.490 e. The minimum absolute atomic E-state index is 0.246. The van der Waals surface area contributed by atoms with E-state index in [0.717, 1.165) is 5.56 Å². The number of ether oxygens (including phenoxy) is 2. The fourth-order valence-electron chi connectivity index (χ4n) is 2.00. The summed E-state index contributed by atoms with van der Waals surface area (Å²) in [6, 6.07) is 9.96. The normalized spacial score (nSPS) is 10.7. The second-order valence-corrected chi connectivity index (χ2v) is 5.69. The van der Waals surface area contributed by atoms with Gasteiger partial charge in [0.1, 0.15) is 6.61 Å². The first-order chi connectivity index (χ1) is 12.0. The molecule has 8 heteroatoms. The number of hydrazone groups is 1. The Morgan fingerprint density at radius 3 is 2.68 bits per heavy atom. The van der Waals surface area contributed by atoms with E-state index in [4.69, 9.17) is 38.4 Å². The molecule has 0 aromatic heterocycles. The van der Waals surface area contributed by atoms with Crippen LogP contribution in [0.3, 0.4) is 0 Å². The van der Waals surface area contributed by atoms with E-state index in [1.165, 1.54) is 6.21 Å². The maximum atomic E-state index is 10.6. The molecule has 0 aliphatic heterocycles. The van der Waals surface area contributed by atoms with E-state index in [2.05, 4.69) is 10.5 Å². The molecule has 2 amide bonds. The number of carbonyl (C=O) groups excluding carboxylic acids is 1. The van der Waals surface area contributed by atoms with Gasteiger partial charge in [-0.2, -0.15) is 5.10 Å². The van der Waals surface area contributed by atoms with Crippen molar-refractivity contribution in [3.63, 3.8) is 0 Å². The lowest BCUT2D eigenvalue weighted by Crippen LogP contribution is -2.24. The molecule has 0 unspecified atom stereocenters. The fourth-order valence-corrected chi connectivity index (χ4v) is 2.47. The molecule has 0 heterocycles. The van der Waals surface area contributed by atoms with Crippen molar-refractivity contribution >= 4 is 35.4 Å². The molecule has 0 fully saturated rings. The molecule has 3 N–H and O–H groups in total. The van der Waals surface area contributed by atoms with Crippen molar-refractivity contribution in [2.24, 2.45) is 10.8 Å².